The monoisotopic (exact) mass is 448 g/mol. The number of carbonyl (C=O) groups excluding carboxylic acids is 1. The molecule has 0 N–H and O–H groups in total. The quantitative estimate of drug-likeness (QED) is 0.638. The summed E-state index contributed by atoms with van der Waals surface area (Å²) in [4.78, 5) is 15.2. The first kappa shape index (κ1) is 22.8. The standard InChI is InChI=1S/C23H29ClN2O3S/c1-3-26(4-2)30(28,29)22-14-10-19(11-15-22)23(27)25-16-6-5-7-20(17-25)18-8-12-21(24)13-9-18/h8-15,20H,3-7,16-17H2,1-2H3. The van der Waals surface area contributed by atoms with Crippen LogP contribution in [0.25, 0.3) is 0 Å². The molecule has 1 atom stereocenters. The Balaban J connectivity index is 1.77. The van der Waals surface area contributed by atoms with Crippen molar-refractivity contribution in [2.24, 2.45) is 0 Å². The molecule has 1 fully saturated rings. The molecule has 0 saturated carbocycles. The van der Waals surface area contributed by atoms with E-state index in [9.17, 15) is 13.2 Å². The maximum Gasteiger partial charge on any atom is 0.253 e. The lowest BCUT2D eigenvalue weighted by atomic mass is 9.94. The molecule has 0 aromatic heterocycles. The summed E-state index contributed by atoms with van der Waals surface area (Å²) < 4.78 is 26.7. The van der Waals surface area contributed by atoms with E-state index in [0.717, 1.165) is 19.3 Å². The van der Waals surface area contributed by atoms with E-state index in [1.165, 1.54) is 22.0 Å². The molecule has 0 aliphatic carbocycles. The molecule has 2 aromatic carbocycles. The molecule has 5 nitrogen and oxygen atoms in total. The summed E-state index contributed by atoms with van der Waals surface area (Å²) in [5.41, 5.74) is 1.71. The van der Waals surface area contributed by atoms with Crippen LogP contribution in [0.5, 0.6) is 0 Å². The average molecular weight is 449 g/mol. The highest BCUT2D eigenvalue weighted by Crippen LogP contribution is 2.28. The number of likely N-dealkylation sites (tertiary alicyclic amines) is 1. The fourth-order valence-corrected chi connectivity index (χ4v) is 5.58. The number of hydrogen-bond acceptors (Lipinski definition) is 3. The van der Waals surface area contributed by atoms with Gasteiger partial charge in [0.05, 0.1) is 4.90 Å². The molecule has 1 unspecified atom stereocenters. The summed E-state index contributed by atoms with van der Waals surface area (Å²) in [7, 11) is -3.53. The Morgan fingerprint density at radius 3 is 2.27 bits per heavy atom. The van der Waals surface area contributed by atoms with E-state index < -0.39 is 10.0 Å². The Bertz CT molecular complexity index is 955. The third-order valence-electron chi connectivity index (χ3n) is 5.74. The third kappa shape index (κ3) is 5.05. The van der Waals surface area contributed by atoms with Gasteiger partial charge in [0, 0.05) is 42.7 Å². The van der Waals surface area contributed by atoms with Crippen LogP contribution in [-0.4, -0.2) is 49.7 Å². The number of carbonyl (C=O) groups is 1. The van der Waals surface area contributed by atoms with Crippen molar-refractivity contribution >= 4 is 27.5 Å². The molecule has 2 aromatic rings. The first-order valence-corrected chi connectivity index (χ1v) is 12.3. The van der Waals surface area contributed by atoms with Crippen molar-refractivity contribution in [2.45, 2.75) is 43.9 Å². The predicted molar refractivity (Wildman–Crippen MR) is 120 cm³/mol. The van der Waals surface area contributed by atoms with Crippen LogP contribution in [-0.2, 0) is 10.0 Å². The van der Waals surface area contributed by atoms with Crippen LogP contribution >= 0.6 is 11.6 Å². The smallest absolute Gasteiger partial charge is 0.253 e. The summed E-state index contributed by atoms with van der Waals surface area (Å²) in [5, 5.41) is 0.708. The van der Waals surface area contributed by atoms with Crippen LogP contribution in [0.2, 0.25) is 5.02 Å². The number of amides is 1. The number of rotatable bonds is 6. The SMILES string of the molecule is CCN(CC)S(=O)(=O)c1ccc(C(=O)N2CCCCC(c3ccc(Cl)cc3)C2)cc1. The molecule has 1 aliphatic heterocycles. The second-order valence-corrected chi connectivity index (χ2v) is 9.98. The van der Waals surface area contributed by atoms with Gasteiger partial charge in [-0.25, -0.2) is 8.42 Å². The fraction of sp³-hybridized carbons (Fsp3) is 0.435. The number of nitrogens with zero attached hydrogens (tertiary/aromatic N) is 2. The molecule has 1 saturated heterocycles. The molecule has 1 aliphatic rings. The maximum absolute atomic E-state index is 13.1. The molecule has 0 spiro atoms. The topological polar surface area (TPSA) is 57.7 Å². The van der Waals surface area contributed by atoms with Crippen molar-refractivity contribution < 1.29 is 13.2 Å². The van der Waals surface area contributed by atoms with Gasteiger partial charge < -0.3 is 4.90 Å². The second-order valence-electron chi connectivity index (χ2n) is 7.61. The Hall–Kier alpha value is -1.89. The Morgan fingerprint density at radius 1 is 1.03 bits per heavy atom. The highest BCUT2D eigenvalue weighted by atomic mass is 35.5. The Morgan fingerprint density at radius 2 is 1.67 bits per heavy atom. The van der Waals surface area contributed by atoms with Gasteiger partial charge in [-0.15, -0.1) is 0 Å². The Kier molecular flexibility index (Phi) is 7.55. The molecular weight excluding hydrogens is 420 g/mol. The number of halogens is 1. The van der Waals surface area contributed by atoms with E-state index in [1.54, 1.807) is 12.1 Å². The zero-order valence-electron chi connectivity index (χ0n) is 17.6. The Labute approximate surface area is 184 Å². The van der Waals surface area contributed by atoms with Gasteiger partial charge in [0.1, 0.15) is 0 Å². The first-order valence-electron chi connectivity index (χ1n) is 10.5. The highest BCUT2D eigenvalue weighted by Gasteiger charge is 2.25. The minimum atomic E-state index is -3.53. The second kappa shape index (κ2) is 9.94. The van der Waals surface area contributed by atoms with Gasteiger partial charge in [0.25, 0.3) is 5.91 Å². The van der Waals surface area contributed by atoms with Gasteiger partial charge >= 0.3 is 0 Å². The molecule has 7 heteroatoms. The van der Waals surface area contributed by atoms with E-state index in [0.29, 0.717) is 36.8 Å². The minimum Gasteiger partial charge on any atom is -0.338 e. The van der Waals surface area contributed by atoms with E-state index in [1.807, 2.05) is 43.0 Å². The van der Waals surface area contributed by atoms with Crippen molar-refractivity contribution in [2.75, 3.05) is 26.2 Å². The summed E-state index contributed by atoms with van der Waals surface area (Å²) in [6, 6.07) is 14.2. The van der Waals surface area contributed by atoms with Gasteiger partial charge in [-0.3, -0.25) is 4.79 Å². The zero-order valence-corrected chi connectivity index (χ0v) is 19.1. The number of hydrogen-bond donors (Lipinski definition) is 0. The summed E-state index contributed by atoms with van der Waals surface area (Å²) in [5.74, 6) is 0.221. The van der Waals surface area contributed by atoms with Gasteiger partial charge in [0.2, 0.25) is 10.0 Å². The fourth-order valence-electron chi connectivity index (χ4n) is 4.00. The summed E-state index contributed by atoms with van der Waals surface area (Å²) >= 11 is 6.01. The predicted octanol–water partition coefficient (Wildman–Crippen LogP) is 4.78. The van der Waals surface area contributed by atoms with Crippen LogP contribution < -0.4 is 0 Å². The number of benzene rings is 2. The molecule has 1 heterocycles. The molecule has 3 rings (SSSR count). The van der Waals surface area contributed by atoms with Gasteiger partial charge in [-0.05, 0) is 54.8 Å². The maximum atomic E-state index is 13.1. The normalized spacial score (nSPS) is 17.7. The van der Waals surface area contributed by atoms with Crippen LogP contribution in [0.1, 0.15) is 54.9 Å². The van der Waals surface area contributed by atoms with Crippen LogP contribution in [0.15, 0.2) is 53.4 Å². The van der Waals surface area contributed by atoms with Crippen LogP contribution in [0.4, 0.5) is 0 Å². The third-order valence-corrected chi connectivity index (χ3v) is 8.06. The lowest BCUT2D eigenvalue weighted by molar-refractivity contribution is 0.0754. The molecular formula is C23H29ClN2O3S. The molecule has 162 valence electrons. The largest absolute Gasteiger partial charge is 0.338 e. The van der Waals surface area contributed by atoms with Gasteiger partial charge in [0.15, 0.2) is 0 Å². The molecule has 0 bridgehead atoms. The van der Waals surface area contributed by atoms with E-state index in [4.69, 9.17) is 11.6 Å². The molecule has 0 radical (unpaired) electrons. The van der Waals surface area contributed by atoms with E-state index in [2.05, 4.69) is 0 Å². The van der Waals surface area contributed by atoms with Gasteiger partial charge in [-0.1, -0.05) is 44.0 Å². The van der Waals surface area contributed by atoms with Crippen molar-refractivity contribution in [3.63, 3.8) is 0 Å². The van der Waals surface area contributed by atoms with Crippen molar-refractivity contribution in [3.05, 3.63) is 64.7 Å². The average Bonchev–Trinajstić information content (AvgIpc) is 3.01. The van der Waals surface area contributed by atoms with E-state index in [-0.39, 0.29) is 16.7 Å². The minimum absolute atomic E-state index is 0.0531. The highest BCUT2D eigenvalue weighted by molar-refractivity contribution is 7.89. The van der Waals surface area contributed by atoms with Crippen molar-refractivity contribution in [3.8, 4) is 0 Å². The number of sulfonamides is 1. The van der Waals surface area contributed by atoms with E-state index >= 15 is 0 Å². The van der Waals surface area contributed by atoms with Crippen LogP contribution in [0.3, 0.4) is 0 Å². The molecule has 30 heavy (non-hydrogen) atoms. The lowest BCUT2D eigenvalue weighted by Crippen LogP contribution is -2.34. The van der Waals surface area contributed by atoms with Gasteiger partial charge in [-0.2, -0.15) is 4.31 Å². The molecule has 1 amide bonds. The van der Waals surface area contributed by atoms with Crippen LogP contribution in [0, 0.1) is 0 Å². The summed E-state index contributed by atoms with van der Waals surface area (Å²) in [6.07, 6.45) is 3.06. The lowest BCUT2D eigenvalue weighted by Gasteiger charge is -2.25. The zero-order chi connectivity index (χ0) is 21.7. The summed E-state index contributed by atoms with van der Waals surface area (Å²) in [6.45, 7) is 5.83. The first-order chi connectivity index (χ1) is 14.4. The van der Waals surface area contributed by atoms with Crippen molar-refractivity contribution in [1.29, 1.82) is 0 Å². The van der Waals surface area contributed by atoms with Crippen molar-refractivity contribution in [1.82, 2.24) is 9.21 Å².